The van der Waals surface area contributed by atoms with Crippen LogP contribution in [0, 0.1) is 5.41 Å². The molecule has 1 fully saturated rings. The fourth-order valence-electron chi connectivity index (χ4n) is 2.47. The van der Waals surface area contributed by atoms with Crippen LogP contribution in [0.25, 0.3) is 0 Å². The molecule has 0 amide bonds. The molecule has 0 heterocycles. The van der Waals surface area contributed by atoms with E-state index in [-0.39, 0.29) is 17.2 Å². The quantitative estimate of drug-likeness (QED) is 0.778. The minimum Gasteiger partial charge on any atom is -0.313 e. The van der Waals surface area contributed by atoms with Gasteiger partial charge >= 0.3 is 0 Å². The van der Waals surface area contributed by atoms with Crippen LogP contribution < -0.4 is 10.0 Å². The van der Waals surface area contributed by atoms with E-state index < -0.39 is 10.0 Å². The zero-order chi connectivity index (χ0) is 13.8. The lowest BCUT2D eigenvalue weighted by atomic mass is 9.74. The number of hydrogen-bond donors (Lipinski definition) is 2. The van der Waals surface area contributed by atoms with Gasteiger partial charge in [0, 0.05) is 18.6 Å². The fourth-order valence-corrected chi connectivity index (χ4v) is 3.84. The average Bonchev–Trinajstić information content (AvgIpc) is 2.20. The van der Waals surface area contributed by atoms with Crippen LogP contribution in [0.5, 0.6) is 0 Å². The Balaban J connectivity index is 2.48. The van der Waals surface area contributed by atoms with E-state index in [1.165, 1.54) is 6.42 Å². The summed E-state index contributed by atoms with van der Waals surface area (Å²) in [5.74, 6) is 0.164. The van der Waals surface area contributed by atoms with E-state index in [0.29, 0.717) is 12.6 Å². The van der Waals surface area contributed by atoms with Gasteiger partial charge in [-0.1, -0.05) is 40.5 Å². The van der Waals surface area contributed by atoms with Gasteiger partial charge in [0.25, 0.3) is 0 Å². The van der Waals surface area contributed by atoms with Crippen molar-refractivity contribution in [2.24, 2.45) is 5.41 Å². The van der Waals surface area contributed by atoms with Crippen molar-refractivity contribution in [1.82, 2.24) is 10.0 Å². The number of nitrogens with one attached hydrogen (secondary N) is 2. The molecule has 0 aromatic heterocycles. The van der Waals surface area contributed by atoms with Crippen LogP contribution in [0.1, 0.15) is 53.4 Å². The van der Waals surface area contributed by atoms with Gasteiger partial charge in [-0.2, -0.15) is 0 Å². The average molecular weight is 276 g/mol. The van der Waals surface area contributed by atoms with Crippen LogP contribution in [-0.2, 0) is 10.0 Å². The lowest BCUT2D eigenvalue weighted by molar-refractivity contribution is 0.188. The molecule has 5 heteroatoms. The third kappa shape index (κ3) is 5.24. The Hall–Kier alpha value is -0.130. The molecule has 1 saturated carbocycles. The van der Waals surface area contributed by atoms with Crippen molar-refractivity contribution in [3.05, 3.63) is 0 Å². The summed E-state index contributed by atoms with van der Waals surface area (Å²) in [5.41, 5.74) is 0.0802. The maximum Gasteiger partial charge on any atom is 0.213 e. The summed E-state index contributed by atoms with van der Waals surface area (Å²) in [4.78, 5) is 0. The van der Waals surface area contributed by atoms with Gasteiger partial charge in [-0.25, -0.2) is 13.1 Å². The van der Waals surface area contributed by atoms with Gasteiger partial charge in [-0.15, -0.1) is 0 Å². The van der Waals surface area contributed by atoms with Crippen LogP contribution in [0.2, 0.25) is 0 Å². The Kier molecular flexibility index (Phi) is 5.62. The second-order valence-corrected chi connectivity index (χ2v) is 8.21. The van der Waals surface area contributed by atoms with Crippen LogP contribution in [0.15, 0.2) is 0 Å². The first kappa shape index (κ1) is 15.9. The van der Waals surface area contributed by atoms with Crippen molar-refractivity contribution in [3.63, 3.8) is 0 Å². The largest absolute Gasteiger partial charge is 0.313 e. The third-order valence-corrected chi connectivity index (χ3v) is 5.14. The Morgan fingerprint density at radius 1 is 1.28 bits per heavy atom. The predicted octanol–water partition coefficient (Wildman–Crippen LogP) is 1.87. The summed E-state index contributed by atoms with van der Waals surface area (Å²) < 4.78 is 26.9. The summed E-state index contributed by atoms with van der Waals surface area (Å²) in [5, 5.41) is 3.14. The van der Waals surface area contributed by atoms with Gasteiger partial charge in [-0.3, -0.25) is 0 Å². The van der Waals surface area contributed by atoms with Crippen LogP contribution in [0.4, 0.5) is 0 Å². The first-order valence-corrected chi connectivity index (χ1v) is 8.61. The fraction of sp³-hybridized carbons (Fsp3) is 1.00. The van der Waals surface area contributed by atoms with E-state index >= 15 is 0 Å². The monoisotopic (exact) mass is 276 g/mol. The highest BCUT2D eigenvalue weighted by Crippen LogP contribution is 2.35. The zero-order valence-corrected chi connectivity index (χ0v) is 12.9. The molecule has 0 aromatic rings. The van der Waals surface area contributed by atoms with Crippen molar-refractivity contribution in [2.45, 2.75) is 65.5 Å². The van der Waals surface area contributed by atoms with Gasteiger partial charge in [0.1, 0.15) is 0 Å². The van der Waals surface area contributed by atoms with E-state index in [4.69, 9.17) is 0 Å². The molecule has 0 saturated heterocycles. The lowest BCUT2D eigenvalue weighted by Gasteiger charge is -2.38. The highest BCUT2D eigenvalue weighted by atomic mass is 32.2. The molecule has 4 nitrogen and oxygen atoms in total. The third-order valence-electron chi connectivity index (χ3n) is 3.75. The first-order chi connectivity index (χ1) is 8.23. The Bertz CT molecular complexity index is 350. The van der Waals surface area contributed by atoms with Gasteiger partial charge < -0.3 is 5.32 Å². The standard InChI is InChI=1S/C13H28N2O2S/c1-11(2)14-9-10-18(16,17)15-12-7-5-6-8-13(12,3)4/h11-12,14-15H,5-10H2,1-4H3. The van der Waals surface area contributed by atoms with Gasteiger partial charge in [0.05, 0.1) is 5.75 Å². The number of rotatable bonds is 6. The number of hydrogen-bond acceptors (Lipinski definition) is 3. The predicted molar refractivity (Wildman–Crippen MR) is 76.1 cm³/mol. The smallest absolute Gasteiger partial charge is 0.213 e. The SMILES string of the molecule is CC(C)NCCS(=O)(=O)NC1CCCCC1(C)C. The lowest BCUT2D eigenvalue weighted by Crippen LogP contribution is -2.48. The molecule has 0 spiro atoms. The van der Waals surface area contributed by atoms with Crippen LogP contribution >= 0.6 is 0 Å². The van der Waals surface area contributed by atoms with Gasteiger partial charge in [0.2, 0.25) is 10.0 Å². The van der Waals surface area contributed by atoms with Gasteiger partial charge in [0.15, 0.2) is 0 Å². The van der Waals surface area contributed by atoms with Gasteiger partial charge in [-0.05, 0) is 18.3 Å². The van der Waals surface area contributed by atoms with Crippen LogP contribution in [0.3, 0.4) is 0 Å². The Morgan fingerprint density at radius 2 is 1.94 bits per heavy atom. The van der Waals surface area contributed by atoms with Crippen molar-refractivity contribution in [1.29, 1.82) is 0 Å². The zero-order valence-electron chi connectivity index (χ0n) is 12.1. The summed E-state index contributed by atoms with van der Waals surface area (Å²) >= 11 is 0. The second kappa shape index (κ2) is 6.35. The molecular formula is C13H28N2O2S. The van der Waals surface area contributed by atoms with E-state index in [2.05, 4.69) is 23.9 Å². The number of sulfonamides is 1. The Labute approximate surface area is 112 Å². The topological polar surface area (TPSA) is 58.2 Å². The van der Waals surface area contributed by atoms with Crippen molar-refractivity contribution in [3.8, 4) is 0 Å². The molecule has 1 unspecified atom stereocenters. The highest BCUT2D eigenvalue weighted by Gasteiger charge is 2.34. The molecule has 1 aliphatic rings. The summed E-state index contributed by atoms with van der Waals surface area (Å²) in [6.45, 7) is 8.87. The normalized spacial score (nSPS) is 24.4. The summed E-state index contributed by atoms with van der Waals surface area (Å²) in [6.07, 6.45) is 4.40. The summed E-state index contributed by atoms with van der Waals surface area (Å²) in [7, 11) is -3.16. The van der Waals surface area contributed by atoms with E-state index in [1.807, 2.05) is 13.8 Å². The molecule has 1 aliphatic carbocycles. The molecule has 108 valence electrons. The first-order valence-electron chi connectivity index (χ1n) is 6.96. The second-order valence-electron chi connectivity index (χ2n) is 6.33. The van der Waals surface area contributed by atoms with Crippen molar-refractivity contribution >= 4 is 10.0 Å². The molecule has 0 bridgehead atoms. The van der Waals surface area contributed by atoms with E-state index in [0.717, 1.165) is 19.3 Å². The summed E-state index contributed by atoms with van der Waals surface area (Å²) in [6, 6.07) is 0.418. The maximum absolute atomic E-state index is 12.0. The Morgan fingerprint density at radius 3 is 2.50 bits per heavy atom. The molecule has 0 aliphatic heterocycles. The van der Waals surface area contributed by atoms with Crippen molar-refractivity contribution < 1.29 is 8.42 Å². The molecule has 2 N–H and O–H groups in total. The molecule has 18 heavy (non-hydrogen) atoms. The minimum atomic E-state index is -3.16. The van der Waals surface area contributed by atoms with E-state index in [1.54, 1.807) is 0 Å². The molecule has 0 aromatic carbocycles. The molecule has 0 radical (unpaired) electrons. The molecular weight excluding hydrogens is 248 g/mol. The maximum atomic E-state index is 12.0. The van der Waals surface area contributed by atoms with E-state index in [9.17, 15) is 8.42 Å². The minimum absolute atomic E-state index is 0.0802. The molecule has 1 atom stereocenters. The highest BCUT2D eigenvalue weighted by molar-refractivity contribution is 7.89. The van der Waals surface area contributed by atoms with Crippen molar-refractivity contribution in [2.75, 3.05) is 12.3 Å². The molecule has 1 rings (SSSR count). The van der Waals surface area contributed by atoms with Crippen LogP contribution in [-0.4, -0.2) is 32.8 Å².